The second kappa shape index (κ2) is 16.1. The van der Waals surface area contributed by atoms with E-state index in [1.165, 1.54) is 48.5 Å². The Hall–Kier alpha value is -3.71. The Kier molecular flexibility index (Phi) is 13.1. The first-order chi connectivity index (χ1) is 23.2. The molecule has 0 aliphatic heterocycles. The smallest absolute Gasteiger partial charge is 0.376 e. The van der Waals surface area contributed by atoms with Crippen LogP contribution in [0.15, 0.2) is 144 Å². The molecule has 0 aromatic heterocycles. The SMILES string of the molecule is C/C(=C\C[C@@](O)(c1ccccc1)C(F)(F)F)[Si](C)(C)c1ccccc1.C/C(=C\C[C@](O)(c1ccccc1)C(F)(F)F)[Si](C)(C)c1ccccc1. The maximum absolute atomic E-state index is 13.6. The fourth-order valence-electron chi connectivity index (χ4n) is 5.50. The minimum Gasteiger partial charge on any atom is -0.376 e. The van der Waals surface area contributed by atoms with E-state index >= 15 is 0 Å². The fourth-order valence-corrected chi connectivity index (χ4v) is 9.69. The van der Waals surface area contributed by atoms with Gasteiger partial charge in [0.2, 0.25) is 0 Å². The molecule has 4 aromatic carbocycles. The summed E-state index contributed by atoms with van der Waals surface area (Å²) >= 11 is 0. The average molecular weight is 729 g/mol. The predicted octanol–water partition coefficient (Wildman–Crippen LogP) is 9.86. The number of halogens is 6. The summed E-state index contributed by atoms with van der Waals surface area (Å²) in [5.41, 5.74) is -6.02. The zero-order chi connectivity index (χ0) is 37.4. The van der Waals surface area contributed by atoms with Crippen molar-refractivity contribution in [1.82, 2.24) is 0 Å². The fraction of sp³-hybridized carbons (Fsp3) is 0.300. The lowest BCUT2D eigenvalue weighted by Gasteiger charge is -2.31. The first kappa shape index (κ1) is 40.7. The molecular formula is C40H46F6O2Si2. The molecule has 2 N–H and O–H groups in total. The quantitative estimate of drug-likeness (QED) is 0.126. The average Bonchev–Trinajstić information content (AvgIpc) is 3.10. The van der Waals surface area contributed by atoms with E-state index in [1.807, 2.05) is 74.5 Å². The maximum Gasteiger partial charge on any atom is 0.421 e. The van der Waals surface area contributed by atoms with Crippen molar-refractivity contribution in [2.24, 2.45) is 0 Å². The Morgan fingerprint density at radius 1 is 0.480 bits per heavy atom. The van der Waals surface area contributed by atoms with Crippen LogP contribution in [0.25, 0.3) is 0 Å². The number of benzene rings is 4. The van der Waals surface area contributed by atoms with Gasteiger partial charge >= 0.3 is 12.4 Å². The highest BCUT2D eigenvalue weighted by Crippen LogP contribution is 2.43. The van der Waals surface area contributed by atoms with Crippen molar-refractivity contribution in [3.63, 3.8) is 0 Å². The molecule has 50 heavy (non-hydrogen) atoms. The van der Waals surface area contributed by atoms with E-state index in [0.29, 0.717) is 0 Å². The van der Waals surface area contributed by atoms with Crippen molar-refractivity contribution >= 4 is 26.5 Å². The van der Waals surface area contributed by atoms with Crippen molar-refractivity contribution in [2.75, 3.05) is 0 Å². The lowest BCUT2D eigenvalue weighted by molar-refractivity contribution is -0.265. The molecule has 0 radical (unpaired) electrons. The first-order valence-corrected chi connectivity index (χ1v) is 22.3. The molecule has 2 atom stereocenters. The summed E-state index contributed by atoms with van der Waals surface area (Å²) in [6, 6.07) is 34.2. The van der Waals surface area contributed by atoms with Gasteiger partial charge in [0.05, 0.1) is 0 Å². The molecular weight excluding hydrogens is 683 g/mol. The lowest BCUT2D eigenvalue weighted by atomic mass is 9.89. The minimum absolute atomic E-state index is 0.134. The van der Waals surface area contributed by atoms with Gasteiger partial charge in [-0.3, -0.25) is 0 Å². The molecule has 4 rings (SSSR count). The van der Waals surface area contributed by atoms with E-state index in [2.05, 4.69) is 26.2 Å². The van der Waals surface area contributed by atoms with Gasteiger partial charge in [-0.15, -0.1) is 0 Å². The van der Waals surface area contributed by atoms with Crippen molar-refractivity contribution in [3.05, 3.63) is 155 Å². The largest absolute Gasteiger partial charge is 0.421 e. The van der Waals surface area contributed by atoms with E-state index in [1.54, 1.807) is 24.3 Å². The van der Waals surface area contributed by atoms with Crippen LogP contribution in [0.1, 0.15) is 37.8 Å². The van der Waals surface area contributed by atoms with Gasteiger partial charge in [-0.1, -0.05) is 180 Å². The summed E-state index contributed by atoms with van der Waals surface area (Å²) in [7, 11) is -4.12. The molecule has 0 fully saturated rings. The van der Waals surface area contributed by atoms with Crippen LogP contribution in [-0.4, -0.2) is 38.7 Å². The Balaban J connectivity index is 0.000000270. The molecule has 0 bridgehead atoms. The highest BCUT2D eigenvalue weighted by atomic mass is 28.3. The van der Waals surface area contributed by atoms with Crippen LogP contribution in [0.2, 0.25) is 26.2 Å². The van der Waals surface area contributed by atoms with Crippen molar-refractivity contribution in [2.45, 2.75) is 76.4 Å². The zero-order valence-electron chi connectivity index (χ0n) is 29.3. The highest BCUT2D eigenvalue weighted by molar-refractivity contribution is 6.96. The van der Waals surface area contributed by atoms with Gasteiger partial charge in [0, 0.05) is 12.8 Å². The molecule has 10 heteroatoms. The monoisotopic (exact) mass is 728 g/mol. The van der Waals surface area contributed by atoms with E-state index in [0.717, 1.165) is 20.8 Å². The van der Waals surface area contributed by atoms with Gasteiger partial charge in [-0.2, -0.15) is 26.3 Å². The molecule has 268 valence electrons. The number of rotatable bonds is 10. The van der Waals surface area contributed by atoms with Gasteiger partial charge in [-0.25, -0.2) is 0 Å². The minimum atomic E-state index is -4.75. The van der Waals surface area contributed by atoms with Crippen LogP contribution in [0.4, 0.5) is 26.3 Å². The number of allylic oxidation sites excluding steroid dienone is 2. The molecule has 0 saturated carbocycles. The summed E-state index contributed by atoms with van der Waals surface area (Å²) in [5.74, 6) is 0. The van der Waals surface area contributed by atoms with Crippen LogP contribution in [0.5, 0.6) is 0 Å². The molecule has 0 unspecified atom stereocenters. The zero-order valence-corrected chi connectivity index (χ0v) is 31.3. The van der Waals surface area contributed by atoms with Crippen LogP contribution in [0.3, 0.4) is 0 Å². The van der Waals surface area contributed by atoms with Gasteiger partial charge in [0.15, 0.2) is 11.2 Å². The van der Waals surface area contributed by atoms with E-state index in [4.69, 9.17) is 0 Å². The Labute approximate surface area is 293 Å². The maximum atomic E-state index is 13.6. The van der Waals surface area contributed by atoms with Gasteiger partial charge in [0.25, 0.3) is 0 Å². The van der Waals surface area contributed by atoms with Crippen molar-refractivity contribution in [1.29, 1.82) is 0 Å². The molecule has 4 aromatic rings. The van der Waals surface area contributed by atoms with Crippen molar-refractivity contribution in [3.8, 4) is 0 Å². The van der Waals surface area contributed by atoms with Gasteiger partial charge in [-0.05, 0) is 25.0 Å². The van der Waals surface area contributed by atoms with E-state index < -0.39 is 52.5 Å². The normalized spacial score (nSPS) is 15.7. The standard InChI is InChI=1S/2C20H23F3OSi/c2*1-16(25(2,3)18-12-8-5-9-13-18)14-15-19(24,20(21,22)23)17-10-6-4-7-11-17/h2*4-14,24H,15H2,1-3H3/b2*16-14+/t2*19-/m10/s1. The summed E-state index contributed by atoms with van der Waals surface area (Å²) in [6.45, 7) is 12.1. The molecule has 0 aliphatic rings. The van der Waals surface area contributed by atoms with Gasteiger partial charge < -0.3 is 10.2 Å². The topological polar surface area (TPSA) is 40.5 Å². The Morgan fingerprint density at radius 2 is 0.720 bits per heavy atom. The number of hydrogen-bond acceptors (Lipinski definition) is 2. The number of hydrogen-bond donors (Lipinski definition) is 2. The van der Waals surface area contributed by atoms with Crippen molar-refractivity contribution < 1.29 is 36.6 Å². The van der Waals surface area contributed by atoms with Crippen LogP contribution in [-0.2, 0) is 11.2 Å². The summed E-state index contributed by atoms with van der Waals surface area (Å²) in [4.78, 5) is 0. The molecule has 0 aliphatic carbocycles. The molecule has 0 spiro atoms. The Bertz CT molecular complexity index is 1580. The predicted molar refractivity (Wildman–Crippen MR) is 197 cm³/mol. The first-order valence-electron chi connectivity index (χ1n) is 16.3. The summed E-state index contributed by atoms with van der Waals surface area (Å²) in [6.07, 6.45) is -7.36. The second-order valence-corrected chi connectivity index (χ2v) is 22.8. The molecule has 2 nitrogen and oxygen atoms in total. The van der Waals surface area contributed by atoms with E-state index in [9.17, 15) is 36.6 Å². The number of aliphatic hydroxyl groups is 2. The third kappa shape index (κ3) is 9.34. The Morgan fingerprint density at radius 3 is 0.960 bits per heavy atom. The molecule has 0 heterocycles. The molecule has 0 amide bonds. The lowest BCUT2D eigenvalue weighted by Crippen LogP contribution is -2.44. The highest BCUT2D eigenvalue weighted by Gasteiger charge is 2.55. The van der Waals surface area contributed by atoms with Crippen LogP contribution >= 0.6 is 0 Å². The van der Waals surface area contributed by atoms with Crippen LogP contribution < -0.4 is 10.4 Å². The van der Waals surface area contributed by atoms with Crippen LogP contribution in [0, 0.1) is 0 Å². The second-order valence-electron chi connectivity index (χ2n) is 13.6. The summed E-state index contributed by atoms with van der Waals surface area (Å²) < 4.78 is 81.6. The van der Waals surface area contributed by atoms with Gasteiger partial charge in [0.1, 0.15) is 16.1 Å². The third-order valence-electron chi connectivity index (χ3n) is 9.81. The summed E-state index contributed by atoms with van der Waals surface area (Å²) in [5, 5.41) is 25.0. The van der Waals surface area contributed by atoms with E-state index in [-0.39, 0.29) is 11.1 Å². The molecule has 0 saturated heterocycles. The number of alkyl halides is 6. The third-order valence-corrected chi connectivity index (χ3v) is 17.7.